The summed E-state index contributed by atoms with van der Waals surface area (Å²) in [6.45, 7) is 2.15. The molecule has 1 nitrogen and oxygen atoms in total. The first kappa shape index (κ1) is 11.1. The molecule has 0 aliphatic carbocycles. The van der Waals surface area contributed by atoms with E-state index in [-0.39, 0.29) is 5.22 Å². The summed E-state index contributed by atoms with van der Waals surface area (Å²) in [4.78, 5) is 0. The molecule has 0 rings (SSSR count). The summed E-state index contributed by atoms with van der Waals surface area (Å²) in [6.07, 6.45) is 5.26. The van der Waals surface area contributed by atoms with Crippen LogP contribution in [0.5, 0.6) is 0 Å². The largest absolute Gasteiger partial charge is 0.498 e. The number of aliphatic hydroxyl groups excluding tert-OH is 1. The third-order valence-electron chi connectivity index (χ3n) is 1.47. The SMILES string of the molecule is CCCCCC/C(Cl)=C(/O)Cl. The molecule has 0 atom stereocenters. The van der Waals surface area contributed by atoms with Gasteiger partial charge in [-0.05, 0) is 24.4 Å². The molecule has 0 aromatic heterocycles. The number of rotatable bonds is 5. The minimum atomic E-state index is -0.261. The first-order valence-corrected chi connectivity index (χ1v) is 4.67. The molecule has 0 aromatic carbocycles. The Hall–Kier alpha value is 0.120. The smallest absolute Gasteiger partial charge is 0.199 e. The van der Waals surface area contributed by atoms with Crippen molar-refractivity contribution in [2.45, 2.75) is 39.0 Å². The second-order valence-electron chi connectivity index (χ2n) is 2.51. The monoisotopic (exact) mass is 196 g/mol. The van der Waals surface area contributed by atoms with E-state index in [0.717, 1.165) is 12.8 Å². The molecule has 0 aliphatic heterocycles. The molecule has 11 heavy (non-hydrogen) atoms. The fraction of sp³-hybridized carbons (Fsp3) is 0.750. The maximum absolute atomic E-state index is 8.69. The second-order valence-corrected chi connectivity index (χ2v) is 3.32. The van der Waals surface area contributed by atoms with Gasteiger partial charge in [0.15, 0.2) is 5.22 Å². The Morgan fingerprint density at radius 3 is 2.27 bits per heavy atom. The molecule has 0 bridgehead atoms. The number of aliphatic hydroxyl groups is 1. The van der Waals surface area contributed by atoms with Gasteiger partial charge >= 0.3 is 0 Å². The van der Waals surface area contributed by atoms with Gasteiger partial charge in [-0.2, -0.15) is 0 Å². The van der Waals surface area contributed by atoms with E-state index in [9.17, 15) is 0 Å². The van der Waals surface area contributed by atoms with Crippen molar-refractivity contribution in [3.63, 3.8) is 0 Å². The molecule has 0 heterocycles. The summed E-state index contributed by atoms with van der Waals surface area (Å²) in [7, 11) is 0. The third kappa shape index (κ3) is 6.52. The number of hydrogen-bond donors (Lipinski definition) is 1. The van der Waals surface area contributed by atoms with Crippen molar-refractivity contribution >= 4 is 23.2 Å². The van der Waals surface area contributed by atoms with Crippen LogP contribution in [0.1, 0.15) is 39.0 Å². The van der Waals surface area contributed by atoms with Crippen LogP contribution in [-0.2, 0) is 0 Å². The highest BCUT2D eigenvalue weighted by molar-refractivity contribution is 6.38. The topological polar surface area (TPSA) is 20.2 Å². The van der Waals surface area contributed by atoms with Gasteiger partial charge in [-0.15, -0.1) is 0 Å². The summed E-state index contributed by atoms with van der Waals surface area (Å²) in [5, 5.41) is 8.81. The molecule has 0 amide bonds. The van der Waals surface area contributed by atoms with Gasteiger partial charge in [0.25, 0.3) is 0 Å². The Balaban J connectivity index is 3.32. The van der Waals surface area contributed by atoms with Gasteiger partial charge in [-0.3, -0.25) is 0 Å². The number of allylic oxidation sites excluding steroid dienone is 1. The number of halogens is 2. The predicted octanol–water partition coefficient (Wildman–Crippen LogP) is 4.16. The van der Waals surface area contributed by atoms with Crippen molar-refractivity contribution in [3.8, 4) is 0 Å². The van der Waals surface area contributed by atoms with Gasteiger partial charge in [0, 0.05) is 0 Å². The van der Waals surface area contributed by atoms with Gasteiger partial charge in [0.2, 0.25) is 0 Å². The molecule has 3 heteroatoms. The first-order valence-electron chi connectivity index (χ1n) is 3.91. The average molecular weight is 197 g/mol. The molecular formula is C8H14Cl2O. The zero-order valence-electron chi connectivity index (χ0n) is 6.74. The quantitative estimate of drug-likeness (QED) is 0.518. The van der Waals surface area contributed by atoms with Crippen molar-refractivity contribution in [1.82, 2.24) is 0 Å². The van der Waals surface area contributed by atoms with Crippen LogP contribution in [0.3, 0.4) is 0 Å². The average Bonchev–Trinajstić information content (AvgIpc) is 1.97. The molecule has 0 fully saturated rings. The van der Waals surface area contributed by atoms with Gasteiger partial charge < -0.3 is 5.11 Å². The summed E-state index contributed by atoms with van der Waals surface area (Å²) >= 11 is 10.8. The van der Waals surface area contributed by atoms with Crippen LogP contribution in [0.15, 0.2) is 10.3 Å². The van der Waals surface area contributed by atoms with E-state index >= 15 is 0 Å². The van der Waals surface area contributed by atoms with Crippen LogP contribution < -0.4 is 0 Å². The Labute approximate surface area is 78.0 Å². The highest BCUT2D eigenvalue weighted by Gasteiger charge is 1.98. The van der Waals surface area contributed by atoms with Crippen LogP contribution in [0, 0.1) is 0 Å². The molecule has 0 radical (unpaired) electrons. The Morgan fingerprint density at radius 1 is 1.18 bits per heavy atom. The van der Waals surface area contributed by atoms with E-state index in [1.165, 1.54) is 12.8 Å². The maximum Gasteiger partial charge on any atom is 0.199 e. The normalized spacial score (nSPS) is 13.0. The highest BCUT2D eigenvalue weighted by atomic mass is 35.5. The van der Waals surface area contributed by atoms with Crippen LogP contribution in [0.2, 0.25) is 0 Å². The fourth-order valence-corrected chi connectivity index (χ4v) is 1.04. The fourth-order valence-electron chi connectivity index (χ4n) is 0.810. The minimum absolute atomic E-state index is 0.261. The Kier molecular flexibility index (Phi) is 6.88. The Morgan fingerprint density at radius 2 is 1.82 bits per heavy atom. The van der Waals surface area contributed by atoms with Gasteiger partial charge in [-0.25, -0.2) is 0 Å². The maximum atomic E-state index is 8.69. The summed E-state index contributed by atoms with van der Waals surface area (Å²) in [5.74, 6) is 0. The summed E-state index contributed by atoms with van der Waals surface area (Å²) in [5.41, 5.74) is 0. The lowest BCUT2D eigenvalue weighted by Gasteiger charge is -1.98. The lowest BCUT2D eigenvalue weighted by atomic mass is 10.1. The third-order valence-corrected chi connectivity index (χ3v) is 2.17. The standard InChI is InChI=1S/C8H14Cl2O/c1-2-3-4-5-6-7(9)8(10)11/h11H,2-6H2,1H3/b8-7-. The summed E-state index contributed by atoms with van der Waals surface area (Å²) < 4.78 is 0. The van der Waals surface area contributed by atoms with Crippen LogP contribution >= 0.6 is 23.2 Å². The first-order chi connectivity index (χ1) is 5.18. The molecule has 1 N–H and O–H groups in total. The van der Waals surface area contributed by atoms with Gasteiger partial charge in [0.1, 0.15) is 0 Å². The number of hydrogen-bond acceptors (Lipinski definition) is 1. The molecule has 0 aromatic rings. The van der Waals surface area contributed by atoms with Crippen molar-refractivity contribution in [3.05, 3.63) is 10.3 Å². The van der Waals surface area contributed by atoms with Crippen LogP contribution in [0.25, 0.3) is 0 Å². The molecule has 66 valence electrons. The van der Waals surface area contributed by atoms with Crippen molar-refractivity contribution in [2.24, 2.45) is 0 Å². The van der Waals surface area contributed by atoms with Crippen molar-refractivity contribution in [2.75, 3.05) is 0 Å². The van der Waals surface area contributed by atoms with E-state index in [2.05, 4.69) is 6.92 Å². The predicted molar refractivity (Wildman–Crippen MR) is 50.1 cm³/mol. The molecule has 0 saturated carbocycles. The van der Waals surface area contributed by atoms with Crippen molar-refractivity contribution < 1.29 is 5.11 Å². The molecule has 0 saturated heterocycles. The lowest BCUT2D eigenvalue weighted by Crippen LogP contribution is -1.80. The zero-order chi connectivity index (χ0) is 8.69. The zero-order valence-corrected chi connectivity index (χ0v) is 8.25. The van der Waals surface area contributed by atoms with Gasteiger partial charge in [0.05, 0.1) is 5.03 Å². The van der Waals surface area contributed by atoms with Crippen molar-refractivity contribution in [1.29, 1.82) is 0 Å². The van der Waals surface area contributed by atoms with E-state index in [1.54, 1.807) is 0 Å². The molecule has 0 spiro atoms. The Bertz CT molecular complexity index is 128. The minimum Gasteiger partial charge on any atom is -0.498 e. The van der Waals surface area contributed by atoms with E-state index in [0.29, 0.717) is 11.5 Å². The number of unbranched alkanes of at least 4 members (excludes halogenated alkanes) is 3. The molecular weight excluding hydrogens is 183 g/mol. The van der Waals surface area contributed by atoms with Gasteiger partial charge in [-0.1, -0.05) is 37.8 Å². The lowest BCUT2D eigenvalue weighted by molar-refractivity contribution is 0.446. The van der Waals surface area contributed by atoms with E-state index < -0.39 is 0 Å². The second kappa shape index (κ2) is 6.81. The summed E-state index contributed by atoms with van der Waals surface area (Å²) in [6, 6.07) is 0. The highest BCUT2D eigenvalue weighted by Crippen LogP contribution is 2.18. The van der Waals surface area contributed by atoms with E-state index in [1.807, 2.05) is 0 Å². The molecule has 0 aliphatic rings. The van der Waals surface area contributed by atoms with Crippen LogP contribution in [-0.4, -0.2) is 5.11 Å². The van der Waals surface area contributed by atoms with Crippen LogP contribution in [0.4, 0.5) is 0 Å². The van der Waals surface area contributed by atoms with E-state index in [4.69, 9.17) is 28.3 Å². The molecule has 0 unspecified atom stereocenters.